The van der Waals surface area contributed by atoms with Crippen molar-refractivity contribution < 1.29 is 13.2 Å². The summed E-state index contributed by atoms with van der Waals surface area (Å²) in [6, 6.07) is 3.94. The van der Waals surface area contributed by atoms with E-state index in [9.17, 15) is 13.2 Å². The maximum Gasteiger partial charge on any atom is 0.236 e. The molecule has 0 N–H and O–H groups in total. The molecule has 0 saturated carbocycles. The van der Waals surface area contributed by atoms with Gasteiger partial charge in [-0.25, -0.2) is 8.42 Å². The number of pyridine rings is 1. The molecule has 134 valence electrons. The molecule has 1 amide bonds. The van der Waals surface area contributed by atoms with Crippen LogP contribution in [0.15, 0.2) is 24.5 Å². The van der Waals surface area contributed by atoms with Crippen molar-refractivity contribution in [2.75, 3.05) is 58.3 Å². The first kappa shape index (κ1) is 18.8. The molecule has 0 atom stereocenters. The summed E-state index contributed by atoms with van der Waals surface area (Å²) in [6.45, 7) is 3.39. The molecule has 2 heterocycles. The van der Waals surface area contributed by atoms with Crippen molar-refractivity contribution in [1.29, 1.82) is 0 Å². The first-order chi connectivity index (χ1) is 11.4. The molecule has 0 aliphatic carbocycles. The van der Waals surface area contributed by atoms with Crippen LogP contribution in [0.25, 0.3) is 0 Å². The monoisotopic (exact) mass is 354 g/mol. The predicted octanol–water partition coefficient (Wildman–Crippen LogP) is -0.298. The molecule has 2 rings (SSSR count). The quantitative estimate of drug-likeness (QED) is 0.669. The Kier molecular flexibility index (Phi) is 6.70. The van der Waals surface area contributed by atoms with Crippen LogP contribution in [0.4, 0.5) is 0 Å². The zero-order valence-corrected chi connectivity index (χ0v) is 15.2. The maximum absolute atomic E-state index is 12.2. The molecular weight excluding hydrogens is 328 g/mol. The highest BCUT2D eigenvalue weighted by atomic mass is 32.2. The fourth-order valence-electron chi connectivity index (χ4n) is 2.55. The molecule has 1 saturated heterocycles. The van der Waals surface area contributed by atoms with E-state index in [0.29, 0.717) is 26.2 Å². The van der Waals surface area contributed by atoms with Crippen LogP contribution in [0.3, 0.4) is 0 Å². The second-order valence-electron chi connectivity index (χ2n) is 6.34. The molecule has 8 heteroatoms. The predicted molar refractivity (Wildman–Crippen MR) is 93.3 cm³/mol. The van der Waals surface area contributed by atoms with Crippen molar-refractivity contribution in [2.24, 2.45) is 0 Å². The van der Waals surface area contributed by atoms with E-state index in [2.05, 4.69) is 9.88 Å². The van der Waals surface area contributed by atoms with E-state index in [0.717, 1.165) is 18.7 Å². The fourth-order valence-corrected chi connectivity index (χ4v) is 3.83. The van der Waals surface area contributed by atoms with Gasteiger partial charge in [0.05, 0.1) is 18.1 Å². The van der Waals surface area contributed by atoms with Crippen molar-refractivity contribution in [3.8, 4) is 0 Å². The summed E-state index contributed by atoms with van der Waals surface area (Å²) in [7, 11) is 0.906. The Labute approximate surface area is 144 Å². The lowest BCUT2D eigenvalue weighted by Crippen LogP contribution is -2.46. The number of likely N-dealkylation sites (N-methyl/N-ethyl adjacent to an activating group) is 2. The van der Waals surface area contributed by atoms with Gasteiger partial charge in [0.15, 0.2) is 9.84 Å². The van der Waals surface area contributed by atoms with Gasteiger partial charge >= 0.3 is 0 Å². The van der Waals surface area contributed by atoms with Gasteiger partial charge in [0, 0.05) is 52.2 Å². The summed E-state index contributed by atoms with van der Waals surface area (Å²) in [5.74, 6) is 0.333. The fraction of sp³-hybridized carbons (Fsp3) is 0.625. The summed E-state index contributed by atoms with van der Waals surface area (Å²) in [5.41, 5.74) is 1.14. The summed E-state index contributed by atoms with van der Waals surface area (Å²) in [6.07, 6.45) is 3.59. The van der Waals surface area contributed by atoms with Crippen LogP contribution >= 0.6 is 0 Å². The Hall–Kier alpha value is -1.51. The number of sulfone groups is 1. The van der Waals surface area contributed by atoms with Gasteiger partial charge in [-0.1, -0.05) is 6.07 Å². The van der Waals surface area contributed by atoms with E-state index in [-0.39, 0.29) is 17.4 Å². The third-order valence-electron chi connectivity index (χ3n) is 4.21. The summed E-state index contributed by atoms with van der Waals surface area (Å²) >= 11 is 0. The van der Waals surface area contributed by atoms with Gasteiger partial charge in [0.2, 0.25) is 5.91 Å². The first-order valence-electron chi connectivity index (χ1n) is 8.10. The van der Waals surface area contributed by atoms with Gasteiger partial charge in [-0.2, -0.15) is 0 Å². The van der Waals surface area contributed by atoms with Gasteiger partial charge in [0.25, 0.3) is 0 Å². The van der Waals surface area contributed by atoms with Gasteiger partial charge in [-0.15, -0.1) is 0 Å². The van der Waals surface area contributed by atoms with Gasteiger partial charge < -0.3 is 9.80 Å². The number of hydrogen-bond donors (Lipinski definition) is 0. The van der Waals surface area contributed by atoms with Crippen LogP contribution in [0.2, 0.25) is 0 Å². The lowest BCUT2D eigenvalue weighted by atomic mass is 10.3. The molecular formula is C16H26N4O3S. The first-order valence-corrected chi connectivity index (χ1v) is 9.92. The minimum absolute atomic E-state index is 0.0316. The highest BCUT2D eigenvalue weighted by molar-refractivity contribution is 7.91. The standard InChI is InChI=1S/C16H26N4O3S/c1-18(13-15-4-3-5-17-12-15)6-7-19(2)16(21)14-20-8-10-24(22,23)11-9-20/h3-5,12H,6-11,13-14H2,1-2H3. The molecule has 1 fully saturated rings. The van der Waals surface area contributed by atoms with E-state index in [1.54, 1.807) is 18.1 Å². The SMILES string of the molecule is CN(CCN(C)C(=O)CN1CCS(=O)(=O)CC1)Cc1cccnc1. The Bertz CT molecular complexity index is 622. The molecule has 1 aliphatic heterocycles. The number of amides is 1. The molecule has 0 aromatic carbocycles. The third kappa shape index (κ3) is 6.18. The zero-order valence-electron chi connectivity index (χ0n) is 14.4. The number of hydrogen-bond acceptors (Lipinski definition) is 6. The van der Waals surface area contributed by atoms with Gasteiger partial charge in [-0.05, 0) is 18.7 Å². The van der Waals surface area contributed by atoms with Crippen molar-refractivity contribution in [3.05, 3.63) is 30.1 Å². The maximum atomic E-state index is 12.2. The largest absolute Gasteiger partial charge is 0.343 e. The van der Waals surface area contributed by atoms with Crippen LogP contribution in [-0.4, -0.2) is 92.3 Å². The lowest BCUT2D eigenvalue weighted by Gasteiger charge is -2.28. The van der Waals surface area contributed by atoms with Crippen molar-refractivity contribution in [3.63, 3.8) is 0 Å². The molecule has 0 spiro atoms. The topological polar surface area (TPSA) is 73.8 Å². The second-order valence-corrected chi connectivity index (χ2v) is 8.65. The smallest absolute Gasteiger partial charge is 0.236 e. The average molecular weight is 354 g/mol. The van der Waals surface area contributed by atoms with Crippen LogP contribution in [0, 0.1) is 0 Å². The highest BCUT2D eigenvalue weighted by Crippen LogP contribution is 2.04. The Morgan fingerprint density at radius 2 is 1.96 bits per heavy atom. The lowest BCUT2D eigenvalue weighted by molar-refractivity contribution is -0.131. The van der Waals surface area contributed by atoms with E-state index < -0.39 is 9.84 Å². The highest BCUT2D eigenvalue weighted by Gasteiger charge is 2.23. The Morgan fingerprint density at radius 1 is 1.25 bits per heavy atom. The zero-order chi connectivity index (χ0) is 17.6. The van der Waals surface area contributed by atoms with Crippen LogP contribution in [0.5, 0.6) is 0 Å². The number of rotatable bonds is 7. The van der Waals surface area contributed by atoms with E-state index in [1.165, 1.54) is 0 Å². The molecule has 1 aromatic heterocycles. The van der Waals surface area contributed by atoms with Crippen molar-refractivity contribution in [1.82, 2.24) is 19.7 Å². The van der Waals surface area contributed by atoms with Crippen LogP contribution < -0.4 is 0 Å². The molecule has 0 radical (unpaired) electrons. The summed E-state index contributed by atoms with van der Waals surface area (Å²) < 4.78 is 22.8. The number of carbonyl (C=O) groups is 1. The van der Waals surface area contributed by atoms with E-state index in [4.69, 9.17) is 0 Å². The molecule has 24 heavy (non-hydrogen) atoms. The van der Waals surface area contributed by atoms with Gasteiger partial charge in [0.1, 0.15) is 0 Å². The van der Waals surface area contributed by atoms with E-state index in [1.807, 2.05) is 30.3 Å². The minimum Gasteiger partial charge on any atom is -0.343 e. The summed E-state index contributed by atoms with van der Waals surface area (Å²) in [4.78, 5) is 22.1. The molecule has 0 unspecified atom stereocenters. The van der Waals surface area contributed by atoms with Crippen molar-refractivity contribution in [2.45, 2.75) is 6.54 Å². The number of aromatic nitrogens is 1. The van der Waals surface area contributed by atoms with Crippen molar-refractivity contribution >= 4 is 15.7 Å². The second kappa shape index (κ2) is 8.55. The molecule has 0 bridgehead atoms. The molecule has 1 aliphatic rings. The minimum atomic E-state index is -2.90. The normalized spacial score (nSPS) is 17.8. The van der Waals surface area contributed by atoms with Crippen LogP contribution in [0.1, 0.15) is 5.56 Å². The van der Waals surface area contributed by atoms with E-state index >= 15 is 0 Å². The molecule has 1 aromatic rings. The molecule has 7 nitrogen and oxygen atoms in total. The van der Waals surface area contributed by atoms with Crippen LogP contribution in [-0.2, 0) is 21.2 Å². The van der Waals surface area contributed by atoms with Gasteiger partial charge in [-0.3, -0.25) is 14.7 Å². The summed E-state index contributed by atoms with van der Waals surface area (Å²) in [5, 5.41) is 0. The Balaban J connectivity index is 1.70. The average Bonchev–Trinajstić information content (AvgIpc) is 2.55. The third-order valence-corrected chi connectivity index (χ3v) is 5.82. The Morgan fingerprint density at radius 3 is 2.58 bits per heavy atom. The number of carbonyl (C=O) groups excluding carboxylic acids is 1. The number of nitrogens with zero attached hydrogens (tertiary/aromatic N) is 4.